The molecule has 0 saturated heterocycles. The number of carbonyl (C=O) groups is 1. The van der Waals surface area contributed by atoms with Gasteiger partial charge in [0.15, 0.2) is 0 Å². The minimum atomic E-state index is -0.499. The van der Waals surface area contributed by atoms with Gasteiger partial charge in [-0.3, -0.25) is 5.32 Å². The second-order valence-electron chi connectivity index (χ2n) is 7.11. The van der Waals surface area contributed by atoms with E-state index in [1.54, 1.807) is 17.7 Å². The molecule has 0 unspecified atom stereocenters. The van der Waals surface area contributed by atoms with Gasteiger partial charge in [-0.25, -0.2) is 14.8 Å². The molecule has 0 bridgehead atoms. The average Bonchev–Trinajstić information content (AvgIpc) is 3.22. The van der Waals surface area contributed by atoms with Crippen LogP contribution in [0.2, 0.25) is 0 Å². The zero-order valence-corrected chi connectivity index (χ0v) is 17.6. The van der Waals surface area contributed by atoms with E-state index in [4.69, 9.17) is 4.74 Å². The molecule has 6 nitrogen and oxygen atoms in total. The molecule has 4 aromatic rings. The molecule has 2 heterocycles. The summed E-state index contributed by atoms with van der Waals surface area (Å²) in [4.78, 5) is 22.1. The first-order chi connectivity index (χ1) is 13.9. The number of benzene rings is 2. The molecule has 0 fully saturated rings. The van der Waals surface area contributed by atoms with Gasteiger partial charge in [0.05, 0.1) is 27.9 Å². The van der Waals surface area contributed by atoms with Crippen molar-refractivity contribution in [1.29, 1.82) is 0 Å². The Bertz CT molecular complexity index is 1210. The lowest BCUT2D eigenvalue weighted by molar-refractivity contribution is 0.156. The second-order valence-corrected chi connectivity index (χ2v) is 8.19. The summed E-state index contributed by atoms with van der Waals surface area (Å²) < 4.78 is 7.35. The topological polar surface area (TPSA) is 69.0 Å². The number of amides is 1. The first-order valence-electron chi connectivity index (χ1n) is 9.29. The van der Waals surface area contributed by atoms with Gasteiger partial charge in [-0.1, -0.05) is 23.8 Å². The predicted molar refractivity (Wildman–Crippen MR) is 116 cm³/mol. The van der Waals surface area contributed by atoms with Gasteiger partial charge in [-0.05, 0) is 44.5 Å². The number of hydrogen-bond acceptors (Lipinski definition) is 5. The highest BCUT2D eigenvalue weighted by Gasteiger charge is 2.14. The molecule has 0 radical (unpaired) electrons. The molecule has 0 spiro atoms. The van der Waals surface area contributed by atoms with Gasteiger partial charge in [0, 0.05) is 18.3 Å². The third-order valence-electron chi connectivity index (χ3n) is 4.81. The number of rotatable bonds is 4. The van der Waals surface area contributed by atoms with Crippen molar-refractivity contribution >= 4 is 34.2 Å². The molecule has 0 atom stereocenters. The minimum Gasteiger partial charge on any atom is -0.444 e. The Hall–Kier alpha value is -3.19. The van der Waals surface area contributed by atoms with Crippen LogP contribution in [0.15, 0.2) is 42.7 Å². The van der Waals surface area contributed by atoms with Crippen LogP contribution in [0.5, 0.6) is 0 Å². The van der Waals surface area contributed by atoms with Crippen LogP contribution in [-0.2, 0) is 18.4 Å². The highest BCUT2D eigenvalue weighted by atomic mass is 32.1. The SMILES string of the molecule is Cc1ccc(-c2nc(C)c(COC(=O)Nc3ccc4c(c3)ncn4C)s2)c(C)c1. The molecule has 0 saturated carbocycles. The number of nitrogens with one attached hydrogen (secondary N) is 1. The van der Waals surface area contributed by atoms with E-state index < -0.39 is 6.09 Å². The van der Waals surface area contributed by atoms with Gasteiger partial charge in [-0.2, -0.15) is 0 Å². The lowest BCUT2D eigenvalue weighted by Crippen LogP contribution is -2.13. The molecule has 1 amide bonds. The van der Waals surface area contributed by atoms with Crippen molar-refractivity contribution < 1.29 is 9.53 Å². The van der Waals surface area contributed by atoms with E-state index in [2.05, 4.69) is 47.3 Å². The molecule has 2 aromatic heterocycles. The molecule has 29 heavy (non-hydrogen) atoms. The van der Waals surface area contributed by atoms with Gasteiger partial charge < -0.3 is 9.30 Å². The third-order valence-corrected chi connectivity index (χ3v) is 5.98. The molecule has 2 aromatic carbocycles. The number of carbonyl (C=O) groups excluding carboxylic acids is 1. The first-order valence-corrected chi connectivity index (χ1v) is 10.1. The number of thiazole rings is 1. The summed E-state index contributed by atoms with van der Waals surface area (Å²) in [6.45, 7) is 6.29. The Morgan fingerprint density at radius 2 is 2.00 bits per heavy atom. The van der Waals surface area contributed by atoms with Gasteiger partial charge in [0.25, 0.3) is 0 Å². The molecule has 0 aliphatic heterocycles. The Morgan fingerprint density at radius 1 is 1.17 bits per heavy atom. The van der Waals surface area contributed by atoms with E-state index >= 15 is 0 Å². The molecule has 0 aliphatic carbocycles. The molecule has 1 N–H and O–H groups in total. The zero-order chi connectivity index (χ0) is 20.5. The fraction of sp³-hybridized carbons (Fsp3) is 0.227. The summed E-state index contributed by atoms with van der Waals surface area (Å²) in [5, 5.41) is 3.70. The number of nitrogens with zero attached hydrogens (tertiary/aromatic N) is 3. The number of fused-ring (bicyclic) bond motifs is 1. The van der Waals surface area contributed by atoms with E-state index in [0.717, 1.165) is 32.2 Å². The largest absolute Gasteiger partial charge is 0.444 e. The van der Waals surface area contributed by atoms with E-state index in [1.165, 1.54) is 11.1 Å². The number of anilines is 1. The van der Waals surface area contributed by atoms with Crippen LogP contribution >= 0.6 is 11.3 Å². The first kappa shape index (κ1) is 19.1. The number of aryl methyl sites for hydroxylation is 4. The molecular weight excluding hydrogens is 384 g/mol. The lowest BCUT2D eigenvalue weighted by Gasteiger charge is -2.06. The number of ether oxygens (including phenoxy) is 1. The number of aromatic nitrogens is 3. The van der Waals surface area contributed by atoms with E-state index in [0.29, 0.717) is 5.69 Å². The van der Waals surface area contributed by atoms with Crippen molar-refractivity contribution in [2.24, 2.45) is 7.05 Å². The Morgan fingerprint density at radius 3 is 2.79 bits per heavy atom. The molecule has 0 aliphatic rings. The van der Waals surface area contributed by atoms with Gasteiger partial charge in [0.2, 0.25) is 0 Å². The lowest BCUT2D eigenvalue weighted by atomic mass is 10.1. The highest BCUT2D eigenvalue weighted by molar-refractivity contribution is 7.15. The smallest absolute Gasteiger partial charge is 0.411 e. The van der Waals surface area contributed by atoms with Crippen LogP contribution < -0.4 is 5.32 Å². The molecule has 4 rings (SSSR count). The van der Waals surface area contributed by atoms with E-state index in [1.807, 2.05) is 36.7 Å². The van der Waals surface area contributed by atoms with Crippen molar-refractivity contribution in [3.05, 3.63) is 64.4 Å². The Labute approximate surface area is 173 Å². The zero-order valence-electron chi connectivity index (χ0n) is 16.8. The van der Waals surface area contributed by atoms with Crippen LogP contribution in [-0.4, -0.2) is 20.6 Å². The minimum absolute atomic E-state index is 0.187. The summed E-state index contributed by atoms with van der Waals surface area (Å²) in [7, 11) is 1.93. The van der Waals surface area contributed by atoms with Crippen LogP contribution in [0, 0.1) is 20.8 Å². The van der Waals surface area contributed by atoms with E-state index in [-0.39, 0.29) is 6.61 Å². The monoisotopic (exact) mass is 406 g/mol. The standard InChI is InChI=1S/C22H22N4O2S/c1-13-5-7-17(14(2)9-13)21-24-15(3)20(29-21)11-28-22(27)25-16-6-8-19-18(10-16)23-12-26(19)4/h5-10,12H,11H2,1-4H3,(H,25,27). The van der Waals surface area contributed by atoms with Crippen LogP contribution in [0.25, 0.3) is 21.6 Å². The van der Waals surface area contributed by atoms with Gasteiger partial charge in [-0.15, -0.1) is 11.3 Å². The summed E-state index contributed by atoms with van der Waals surface area (Å²) in [6.07, 6.45) is 1.24. The Balaban J connectivity index is 1.43. The van der Waals surface area contributed by atoms with Crippen LogP contribution in [0.3, 0.4) is 0 Å². The fourth-order valence-electron chi connectivity index (χ4n) is 3.23. The maximum Gasteiger partial charge on any atom is 0.411 e. The maximum absolute atomic E-state index is 12.2. The number of imidazole rings is 1. The van der Waals surface area contributed by atoms with Gasteiger partial charge in [0.1, 0.15) is 11.6 Å². The van der Waals surface area contributed by atoms with Crippen molar-refractivity contribution in [3.8, 4) is 10.6 Å². The quantitative estimate of drug-likeness (QED) is 0.495. The normalized spacial score (nSPS) is 11.0. The van der Waals surface area contributed by atoms with E-state index in [9.17, 15) is 4.79 Å². The van der Waals surface area contributed by atoms with Crippen molar-refractivity contribution in [3.63, 3.8) is 0 Å². The van der Waals surface area contributed by atoms with Crippen molar-refractivity contribution in [1.82, 2.24) is 14.5 Å². The highest BCUT2D eigenvalue weighted by Crippen LogP contribution is 2.31. The summed E-state index contributed by atoms with van der Waals surface area (Å²) in [6, 6.07) is 11.9. The molecule has 7 heteroatoms. The van der Waals surface area contributed by atoms with Crippen LogP contribution in [0.4, 0.5) is 10.5 Å². The van der Waals surface area contributed by atoms with Crippen molar-refractivity contribution in [2.75, 3.05) is 5.32 Å². The third kappa shape index (κ3) is 4.00. The van der Waals surface area contributed by atoms with Crippen molar-refractivity contribution in [2.45, 2.75) is 27.4 Å². The second kappa shape index (κ2) is 7.67. The predicted octanol–water partition coefficient (Wildman–Crippen LogP) is 5.37. The number of hydrogen-bond donors (Lipinski definition) is 1. The fourth-order valence-corrected chi connectivity index (χ4v) is 4.30. The maximum atomic E-state index is 12.2. The summed E-state index contributed by atoms with van der Waals surface area (Å²) in [5.41, 5.74) is 6.89. The molecular formula is C22H22N4O2S. The average molecular weight is 407 g/mol. The summed E-state index contributed by atoms with van der Waals surface area (Å²) >= 11 is 1.56. The summed E-state index contributed by atoms with van der Waals surface area (Å²) in [5.74, 6) is 0. The van der Waals surface area contributed by atoms with Crippen LogP contribution in [0.1, 0.15) is 21.7 Å². The van der Waals surface area contributed by atoms with Gasteiger partial charge >= 0.3 is 6.09 Å². The molecule has 148 valence electrons. The Kier molecular flexibility index (Phi) is 5.07.